The summed E-state index contributed by atoms with van der Waals surface area (Å²) in [4.78, 5) is 129. The highest BCUT2D eigenvalue weighted by Gasteiger charge is 2.28. The van der Waals surface area contributed by atoms with Gasteiger partial charge in [0.2, 0.25) is 17.7 Å². The molecule has 1 rings (SSSR count). The molecular weight excluding hydrogens is 1190 g/mol. The van der Waals surface area contributed by atoms with Gasteiger partial charge < -0.3 is 81.0 Å². The van der Waals surface area contributed by atoms with E-state index in [0.29, 0.717) is 116 Å². The minimum atomic E-state index is -0.621. The summed E-state index contributed by atoms with van der Waals surface area (Å²) < 4.78 is 0. The number of hydrogen-bond donors (Lipinski definition) is 18. The predicted molar refractivity (Wildman–Crippen MR) is 366 cm³/mol. The smallest absolute Gasteiger partial charge is 0.254 e. The van der Waals surface area contributed by atoms with E-state index >= 15 is 14.4 Å². The molecule has 0 heterocycles. The number of hydrazine groups is 3. The van der Waals surface area contributed by atoms with Crippen molar-refractivity contribution in [2.24, 2.45) is 34.4 Å². The van der Waals surface area contributed by atoms with Gasteiger partial charge in [-0.3, -0.25) is 59.4 Å². The van der Waals surface area contributed by atoms with E-state index in [0.717, 1.165) is 38.5 Å². The van der Waals surface area contributed by atoms with Crippen molar-refractivity contribution in [3.05, 3.63) is 34.9 Å². The average Bonchev–Trinajstić information content (AvgIpc) is 0.827. The van der Waals surface area contributed by atoms with E-state index in [1.165, 1.54) is 53.7 Å². The van der Waals surface area contributed by atoms with E-state index in [9.17, 15) is 28.8 Å². The number of hydrogen-bond acceptors (Lipinski definition) is 24. The largest absolute Gasteiger partial charge is 0.353 e. The minimum absolute atomic E-state index is 0.000547. The van der Waals surface area contributed by atoms with Gasteiger partial charge in [0.15, 0.2) is 0 Å². The fourth-order valence-corrected chi connectivity index (χ4v) is 10.3. The number of carbonyl (C=O) groups is 9. The van der Waals surface area contributed by atoms with Gasteiger partial charge in [-0.2, -0.15) is 0 Å². The number of likely N-dealkylation sites (N-methyl/N-ethyl adjacent to an activating group) is 3. The normalized spacial score (nSPS) is 13.3. The number of carbonyl (C=O) groups excluding carboxylic acids is 9. The first kappa shape index (κ1) is 85.5. The number of benzene rings is 1. The standard InChI is InChI=1S/C63H123N21O9/c1-46(85)52(19-7-13-25-64)79-76-34-40-83(39-33-75-60(90)57(72-6)24-12-18-30-69)62(92)50-43-49(61(91)82(37-31-73-58(88)55(70-4)22-10-16-28-67)38-32-74-59(89)56(71-5)23-11-17-29-68)44-51(45-50)63(93)84(41-35-77-80-53(47(2)86)20-8-14-26-65)42-36-78-81-54(48(3)87)21-9-15-27-66/h43-45,52-57,70-72,76-81H,7-42,64-69H2,1-6H3,(H,73,88)(H,74,89)(H,75,90)/t52-,53-,54-,55-,56-,57-/m0/s1. The number of nitrogens with zero attached hydrogens (tertiary/aromatic N) is 3. The van der Waals surface area contributed by atoms with Gasteiger partial charge in [-0.05, 0) is 176 Å². The number of nitrogens with two attached hydrogens (primary N) is 6. The van der Waals surface area contributed by atoms with Gasteiger partial charge in [-0.15, -0.1) is 0 Å². The molecule has 534 valence electrons. The summed E-state index contributed by atoms with van der Waals surface area (Å²) in [5.41, 5.74) is 52.9. The van der Waals surface area contributed by atoms with Crippen molar-refractivity contribution in [2.45, 2.75) is 173 Å². The van der Waals surface area contributed by atoms with Gasteiger partial charge in [0.05, 0.1) is 36.3 Å². The molecule has 93 heavy (non-hydrogen) atoms. The maximum Gasteiger partial charge on any atom is 0.254 e. The minimum Gasteiger partial charge on any atom is -0.353 e. The number of ketones is 3. The Labute approximate surface area is 554 Å². The second kappa shape index (κ2) is 53.7. The van der Waals surface area contributed by atoms with Gasteiger partial charge in [0.1, 0.15) is 17.3 Å². The molecule has 1 aromatic rings. The first-order chi connectivity index (χ1) is 44.8. The van der Waals surface area contributed by atoms with Crippen LogP contribution in [0, 0.1) is 0 Å². The number of unbranched alkanes of at least 4 members (excludes halogenated alkanes) is 6. The Hall–Kier alpha value is -5.55. The third-order valence-electron chi connectivity index (χ3n) is 16.1. The SMILES string of the molecule is CN[C@@H](CCCCN)C(=O)NCCN(CCNN[C@@H](CCCCN)C(C)=O)C(=O)c1cc(C(=O)N(CCNN[C@@H](CCCCN)C(C)=O)CCNN[C@@H](CCCCN)C(C)=O)cc(C(=O)N(CCNC(=O)[C@H](CCCCN)NC)CCNC(=O)[C@H](CCCCN)NC)c1. The van der Waals surface area contributed by atoms with Crippen molar-refractivity contribution >= 4 is 52.8 Å². The number of Topliss-reactive ketones (excluding diaryl/α,β-unsaturated/α-hetero) is 3. The Morgan fingerprint density at radius 1 is 0.323 bits per heavy atom. The van der Waals surface area contributed by atoms with E-state index in [-0.39, 0.29) is 130 Å². The van der Waals surface area contributed by atoms with Crippen LogP contribution >= 0.6 is 0 Å². The Morgan fingerprint density at radius 2 is 0.527 bits per heavy atom. The molecule has 0 aliphatic heterocycles. The molecule has 30 heteroatoms. The zero-order valence-corrected chi connectivity index (χ0v) is 57.1. The van der Waals surface area contributed by atoms with Crippen LogP contribution in [0.5, 0.6) is 0 Å². The Morgan fingerprint density at radius 3 is 0.720 bits per heavy atom. The zero-order valence-electron chi connectivity index (χ0n) is 57.1. The lowest BCUT2D eigenvalue weighted by Crippen LogP contribution is -2.50. The van der Waals surface area contributed by atoms with Crippen LogP contribution in [0.2, 0.25) is 0 Å². The van der Waals surface area contributed by atoms with Crippen molar-refractivity contribution < 1.29 is 43.2 Å². The van der Waals surface area contributed by atoms with Crippen LogP contribution in [0.1, 0.15) is 167 Å². The van der Waals surface area contributed by atoms with E-state index in [4.69, 9.17) is 34.4 Å². The number of amides is 6. The van der Waals surface area contributed by atoms with Gasteiger partial charge >= 0.3 is 0 Å². The van der Waals surface area contributed by atoms with Gasteiger partial charge in [-0.25, -0.2) is 16.3 Å². The molecular formula is C63H123N21O9. The van der Waals surface area contributed by atoms with Crippen LogP contribution in [0.15, 0.2) is 18.2 Å². The van der Waals surface area contributed by atoms with Crippen LogP contribution < -0.4 is 98.9 Å². The van der Waals surface area contributed by atoms with Gasteiger partial charge in [0.25, 0.3) is 17.7 Å². The van der Waals surface area contributed by atoms with Gasteiger partial charge in [-0.1, -0.05) is 38.5 Å². The number of nitrogens with one attached hydrogen (secondary N) is 12. The van der Waals surface area contributed by atoms with Crippen molar-refractivity contribution in [3.8, 4) is 0 Å². The second-order valence-electron chi connectivity index (χ2n) is 23.5. The van der Waals surface area contributed by atoms with Crippen LogP contribution in [-0.2, 0) is 28.8 Å². The molecule has 0 saturated heterocycles. The maximum absolute atomic E-state index is 15.4. The van der Waals surface area contributed by atoms with Crippen LogP contribution in [0.25, 0.3) is 0 Å². The molecule has 6 amide bonds. The summed E-state index contributed by atoms with van der Waals surface area (Å²) >= 11 is 0. The molecule has 0 saturated carbocycles. The summed E-state index contributed by atoms with van der Waals surface area (Å²) in [6.07, 6.45) is 11.8. The van der Waals surface area contributed by atoms with Crippen LogP contribution in [-0.4, -0.2) is 243 Å². The molecule has 1 aromatic carbocycles. The fourth-order valence-electron chi connectivity index (χ4n) is 10.3. The van der Waals surface area contributed by atoms with E-state index in [2.05, 4.69) is 64.5 Å². The molecule has 24 N–H and O–H groups in total. The van der Waals surface area contributed by atoms with Crippen molar-refractivity contribution in [1.29, 1.82) is 0 Å². The molecule has 0 spiro atoms. The molecule has 0 unspecified atom stereocenters. The summed E-state index contributed by atoms with van der Waals surface area (Å²) in [6.45, 7) is 7.79. The average molecular weight is 1320 g/mol. The summed E-state index contributed by atoms with van der Waals surface area (Å²) in [5, 5.41) is 18.0. The zero-order chi connectivity index (χ0) is 69.2. The van der Waals surface area contributed by atoms with E-state index < -0.39 is 54.0 Å². The van der Waals surface area contributed by atoms with E-state index in [1.807, 2.05) is 0 Å². The predicted octanol–water partition coefficient (Wildman–Crippen LogP) is -2.94. The lowest BCUT2D eigenvalue weighted by Gasteiger charge is -2.28. The molecule has 0 aromatic heterocycles. The summed E-state index contributed by atoms with van der Waals surface area (Å²) in [6, 6.07) is 1.05. The second-order valence-corrected chi connectivity index (χ2v) is 23.5. The van der Waals surface area contributed by atoms with Crippen molar-refractivity contribution in [3.63, 3.8) is 0 Å². The monoisotopic (exact) mass is 1320 g/mol. The van der Waals surface area contributed by atoms with Crippen LogP contribution in [0.4, 0.5) is 0 Å². The Balaban J connectivity index is 4.22. The van der Waals surface area contributed by atoms with Crippen LogP contribution in [0.3, 0.4) is 0 Å². The highest BCUT2D eigenvalue weighted by Crippen LogP contribution is 2.18. The highest BCUT2D eigenvalue weighted by atomic mass is 16.2. The van der Waals surface area contributed by atoms with Crippen molar-refractivity contribution in [1.82, 2.24) is 79.2 Å². The molecule has 0 aliphatic carbocycles. The van der Waals surface area contributed by atoms with Crippen molar-refractivity contribution in [2.75, 3.05) is 139 Å². The maximum atomic E-state index is 15.4. The molecule has 0 fully saturated rings. The molecule has 0 bridgehead atoms. The first-order valence-corrected chi connectivity index (χ1v) is 33.9. The molecule has 30 nitrogen and oxygen atoms in total. The molecule has 0 aliphatic rings. The summed E-state index contributed by atoms with van der Waals surface area (Å²) in [7, 11) is 5.06. The quantitative estimate of drug-likeness (QED) is 0.0229. The lowest BCUT2D eigenvalue weighted by molar-refractivity contribution is -0.124. The first-order valence-electron chi connectivity index (χ1n) is 33.9. The third kappa shape index (κ3) is 36.8. The van der Waals surface area contributed by atoms with E-state index in [1.54, 1.807) is 21.1 Å². The number of rotatable bonds is 60. The summed E-state index contributed by atoms with van der Waals surface area (Å²) in [5.74, 6) is -2.92. The lowest BCUT2D eigenvalue weighted by atomic mass is 10.0. The Bertz CT molecular complexity index is 2220. The Kier molecular flexibility index (Phi) is 49.3. The topological polar surface area (TPSA) is 464 Å². The highest BCUT2D eigenvalue weighted by molar-refractivity contribution is 6.04. The fraction of sp³-hybridized carbons (Fsp3) is 0.762. The third-order valence-corrected chi connectivity index (χ3v) is 16.1. The molecule has 6 atom stereocenters. The molecule has 0 radical (unpaired) electrons. The van der Waals surface area contributed by atoms with Gasteiger partial charge in [0, 0.05) is 95.2 Å².